The van der Waals surface area contributed by atoms with Crippen LogP contribution in [-0.2, 0) is 21.2 Å². The molecular formula is C20H23ClN2O4S. The Balaban J connectivity index is 1.98. The number of para-hydroxylation sites is 1. The third-order valence-electron chi connectivity index (χ3n) is 4.83. The second-order valence-electron chi connectivity index (χ2n) is 6.78. The Morgan fingerprint density at radius 3 is 2.61 bits per heavy atom. The maximum Gasteiger partial charge on any atom is 0.250 e. The molecule has 0 fully saturated rings. The second kappa shape index (κ2) is 8.01. The first-order valence-corrected chi connectivity index (χ1v) is 11.2. The molecule has 6 nitrogen and oxygen atoms in total. The molecule has 8 heteroatoms. The van der Waals surface area contributed by atoms with Crippen LogP contribution in [0.5, 0.6) is 5.75 Å². The van der Waals surface area contributed by atoms with Crippen molar-refractivity contribution >= 4 is 38.9 Å². The Kier molecular flexibility index (Phi) is 5.86. The molecule has 0 N–H and O–H groups in total. The molecule has 0 aromatic heterocycles. The first kappa shape index (κ1) is 20.5. The van der Waals surface area contributed by atoms with Gasteiger partial charge >= 0.3 is 0 Å². The number of nitrogens with zero attached hydrogens (tertiary/aromatic N) is 2. The molecule has 1 aliphatic rings. The van der Waals surface area contributed by atoms with Gasteiger partial charge in [0.15, 0.2) is 0 Å². The van der Waals surface area contributed by atoms with Crippen molar-refractivity contribution in [1.82, 2.24) is 0 Å². The number of carbonyl (C=O) groups excluding carboxylic acids is 1. The van der Waals surface area contributed by atoms with Gasteiger partial charge in [-0.1, -0.05) is 29.8 Å². The summed E-state index contributed by atoms with van der Waals surface area (Å²) < 4.78 is 31.3. The fourth-order valence-electron chi connectivity index (χ4n) is 3.58. The summed E-state index contributed by atoms with van der Waals surface area (Å²) in [6.07, 6.45) is 2.82. The number of fused-ring (bicyclic) bond motifs is 1. The van der Waals surface area contributed by atoms with Crippen molar-refractivity contribution in [1.29, 1.82) is 0 Å². The standard InChI is InChI=1S/C20H23ClN2O4S/c1-14(20(24)22-12-6-8-15-7-4-5-9-18(15)22)23(28(3,25)26)16-10-11-19(27-2)17(21)13-16/h4-5,7,9-11,13-14H,6,8,12H2,1-3H3/t14-/m1/s1. The van der Waals surface area contributed by atoms with Crippen molar-refractivity contribution in [2.24, 2.45) is 0 Å². The maximum absolute atomic E-state index is 13.3. The number of ether oxygens (including phenoxy) is 1. The summed E-state index contributed by atoms with van der Waals surface area (Å²) in [6, 6.07) is 11.5. The van der Waals surface area contributed by atoms with Crippen LogP contribution in [0.1, 0.15) is 18.9 Å². The number of methoxy groups -OCH3 is 1. The molecule has 0 saturated carbocycles. The molecule has 1 aliphatic heterocycles. The Morgan fingerprint density at radius 2 is 1.96 bits per heavy atom. The van der Waals surface area contributed by atoms with Crippen LogP contribution in [-0.4, -0.2) is 40.3 Å². The van der Waals surface area contributed by atoms with Gasteiger partial charge in [-0.2, -0.15) is 0 Å². The van der Waals surface area contributed by atoms with E-state index in [1.807, 2.05) is 24.3 Å². The fraction of sp³-hybridized carbons (Fsp3) is 0.350. The van der Waals surface area contributed by atoms with E-state index in [0.717, 1.165) is 34.7 Å². The molecule has 0 saturated heterocycles. The van der Waals surface area contributed by atoms with Crippen LogP contribution in [0, 0.1) is 0 Å². The SMILES string of the molecule is COc1ccc(N([C@H](C)C(=O)N2CCCc3ccccc32)S(C)(=O)=O)cc1Cl. The van der Waals surface area contributed by atoms with Gasteiger partial charge in [-0.3, -0.25) is 9.10 Å². The van der Waals surface area contributed by atoms with Gasteiger partial charge in [-0.05, 0) is 49.6 Å². The zero-order valence-corrected chi connectivity index (χ0v) is 17.6. The highest BCUT2D eigenvalue weighted by Crippen LogP contribution is 2.33. The topological polar surface area (TPSA) is 66.9 Å². The van der Waals surface area contributed by atoms with Crippen molar-refractivity contribution in [3.8, 4) is 5.75 Å². The molecule has 0 aliphatic carbocycles. The molecule has 28 heavy (non-hydrogen) atoms. The highest BCUT2D eigenvalue weighted by atomic mass is 35.5. The third kappa shape index (κ3) is 3.95. The number of amides is 1. The highest BCUT2D eigenvalue weighted by molar-refractivity contribution is 7.92. The molecular weight excluding hydrogens is 400 g/mol. The summed E-state index contributed by atoms with van der Waals surface area (Å²) in [5.41, 5.74) is 2.25. The molecule has 1 heterocycles. The van der Waals surface area contributed by atoms with E-state index in [1.54, 1.807) is 24.0 Å². The molecule has 150 valence electrons. The predicted octanol–water partition coefficient (Wildman–Crippen LogP) is 3.48. The van der Waals surface area contributed by atoms with Crippen LogP contribution in [0.3, 0.4) is 0 Å². The average molecular weight is 423 g/mol. The van der Waals surface area contributed by atoms with E-state index in [4.69, 9.17) is 16.3 Å². The normalized spacial score (nSPS) is 14.9. The highest BCUT2D eigenvalue weighted by Gasteiger charge is 2.34. The Hall–Kier alpha value is -2.25. The smallest absolute Gasteiger partial charge is 0.250 e. The molecule has 2 aromatic carbocycles. The van der Waals surface area contributed by atoms with E-state index in [0.29, 0.717) is 18.0 Å². The Bertz CT molecular complexity index is 993. The largest absolute Gasteiger partial charge is 0.495 e. The Labute approximate surface area is 170 Å². The lowest BCUT2D eigenvalue weighted by Gasteiger charge is -2.35. The van der Waals surface area contributed by atoms with Crippen molar-refractivity contribution in [2.75, 3.05) is 29.1 Å². The molecule has 2 aromatic rings. The first-order chi connectivity index (χ1) is 13.2. The molecule has 0 spiro atoms. The van der Waals surface area contributed by atoms with Crippen LogP contribution >= 0.6 is 11.6 Å². The summed E-state index contributed by atoms with van der Waals surface area (Å²) in [5, 5.41) is 0.275. The molecule has 1 atom stereocenters. The zero-order valence-electron chi connectivity index (χ0n) is 16.1. The third-order valence-corrected chi connectivity index (χ3v) is 6.37. The predicted molar refractivity (Wildman–Crippen MR) is 112 cm³/mol. The number of benzene rings is 2. The summed E-state index contributed by atoms with van der Waals surface area (Å²) >= 11 is 6.18. The minimum absolute atomic E-state index is 0.274. The van der Waals surface area contributed by atoms with Gasteiger partial charge in [-0.25, -0.2) is 8.42 Å². The quantitative estimate of drug-likeness (QED) is 0.739. The van der Waals surface area contributed by atoms with Gasteiger partial charge in [0, 0.05) is 12.2 Å². The maximum atomic E-state index is 13.3. The number of halogens is 1. The van der Waals surface area contributed by atoms with Crippen molar-refractivity contribution in [3.63, 3.8) is 0 Å². The zero-order chi connectivity index (χ0) is 20.5. The number of sulfonamides is 1. The van der Waals surface area contributed by atoms with E-state index in [9.17, 15) is 13.2 Å². The van der Waals surface area contributed by atoms with Crippen LogP contribution in [0.15, 0.2) is 42.5 Å². The molecule has 3 rings (SSSR count). The monoisotopic (exact) mass is 422 g/mol. The minimum Gasteiger partial charge on any atom is -0.495 e. The number of hydrogen-bond donors (Lipinski definition) is 0. The summed E-state index contributed by atoms with van der Waals surface area (Å²) in [6.45, 7) is 2.15. The Morgan fingerprint density at radius 1 is 1.25 bits per heavy atom. The first-order valence-electron chi connectivity index (χ1n) is 8.96. The minimum atomic E-state index is -3.73. The van der Waals surface area contributed by atoms with Gasteiger partial charge in [0.05, 0.1) is 24.1 Å². The average Bonchev–Trinajstić information content (AvgIpc) is 2.66. The van der Waals surface area contributed by atoms with Gasteiger partial charge in [-0.15, -0.1) is 0 Å². The van der Waals surface area contributed by atoms with Gasteiger partial charge < -0.3 is 9.64 Å². The van der Waals surface area contributed by atoms with Gasteiger partial charge in [0.25, 0.3) is 5.91 Å². The van der Waals surface area contributed by atoms with Crippen LogP contribution in [0.2, 0.25) is 5.02 Å². The van der Waals surface area contributed by atoms with Crippen LogP contribution in [0.4, 0.5) is 11.4 Å². The van der Waals surface area contributed by atoms with Gasteiger partial charge in [0.2, 0.25) is 10.0 Å². The number of rotatable bonds is 5. The van der Waals surface area contributed by atoms with Gasteiger partial charge in [0.1, 0.15) is 11.8 Å². The molecule has 1 amide bonds. The lowest BCUT2D eigenvalue weighted by atomic mass is 10.0. The molecule has 0 radical (unpaired) electrons. The summed E-state index contributed by atoms with van der Waals surface area (Å²) in [5.74, 6) is 0.160. The van der Waals surface area contributed by atoms with Crippen molar-refractivity contribution in [2.45, 2.75) is 25.8 Å². The fourth-order valence-corrected chi connectivity index (χ4v) is 5.00. The lowest BCUT2D eigenvalue weighted by Crippen LogP contribution is -2.50. The number of carbonyl (C=O) groups is 1. The van der Waals surface area contributed by atoms with E-state index >= 15 is 0 Å². The van der Waals surface area contributed by atoms with E-state index in [1.165, 1.54) is 13.2 Å². The van der Waals surface area contributed by atoms with Crippen molar-refractivity contribution < 1.29 is 17.9 Å². The van der Waals surface area contributed by atoms with E-state index in [-0.39, 0.29) is 10.9 Å². The molecule has 0 unspecified atom stereocenters. The van der Waals surface area contributed by atoms with E-state index in [2.05, 4.69) is 0 Å². The number of anilines is 2. The van der Waals surface area contributed by atoms with Crippen LogP contribution in [0.25, 0.3) is 0 Å². The molecule has 0 bridgehead atoms. The number of hydrogen-bond acceptors (Lipinski definition) is 4. The summed E-state index contributed by atoms with van der Waals surface area (Å²) in [4.78, 5) is 15.0. The number of aryl methyl sites for hydroxylation is 1. The van der Waals surface area contributed by atoms with Crippen molar-refractivity contribution in [3.05, 3.63) is 53.1 Å². The van der Waals surface area contributed by atoms with E-state index < -0.39 is 16.1 Å². The second-order valence-corrected chi connectivity index (χ2v) is 9.04. The lowest BCUT2D eigenvalue weighted by molar-refractivity contribution is -0.119. The van der Waals surface area contributed by atoms with Crippen LogP contribution < -0.4 is 13.9 Å². The summed E-state index contributed by atoms with van der Waals surface area (Å²) in [7, 11) is -2.25.